The van der Waals surface area contributed by atoms with Crippen molar-refractivity contribution in [3.8, 4) is 16.9 Å². The molecule has 0 unspecified atom stereocenters. The van der Waals surface area contributed by atoms with Crippen molar-refractivity contribution in [2.45, 2.75) is 13.2 Å². The SMILES string of the molecule is Cn1cc(CNC(=O)Nc2ccc(COc3ccccc3-c3ccccc3)cc2)cn1. The molecule has 0 saturated heterocycles. The second-order valence-corrected chi connectivity index (χ2v) is 7.18. The van der Waals surface area contributed by atoms with Gasteiger partial charge in [-0.3, -0.25) is 4.68 Å². The van der Waals surface area contributed by atoms with Crippen molar-refractivity contribution >= 4 is 11.7 Å². The van der Waals surface area contributed by atoms with Gasteiger partial charge >= 0.3 is 6.03 Å². The zero-order valence-electron chi connectivity index (χ0n) is 17.3. The predicted octanol–water partition coefficient (Wildman–Crippen LogP) is 4.99. The van der Waals surface area contributed by atoms with E-state index < -0.39 is 0 Å². The average molecular weight is 412 g/mol. The summed E-state index contributed by atoms with van der Waals surface area (Å²) < 4.78 is 7.78. The monoisotopic (exact) mass is 412 g/mol. The van der Waals surface area contributed by atoms with Crippen LogP contribution in [0.5, 0.6) is 5.75 Å². The Labute approximate surface area is 181 Å². The van der Waals surface area contributed by atoms with E-state index in [4.69, 9.17) is 4.74 Å². The van der Waals surface area contributed by atoms with Gasteiger partial charge in [-0.15, -0.1) is 0 Å². The molecule has 2 N–H and O–H groups in total. The molecule has 0 saturated carbocycles. The van der Waals surface area contributed by atoms with E-state index in [0.29, 0.717) is 13.2 Å². The van der Waals surface area contributed by atoms with Crippen molar-refractivity contribution in [3.05, 3.63) is 102 Å². The predicted molar refractivity (Wildman–Crippen MR) is 122 cm³/mol. The molecule has 156 valence electrons. The summed E-state index contributed by atoms with van der Waals surface area (Å²) in [5.41, 5.74) is 4.86. The minimum atomic E-state index is -0.260. The lowest BCUT2D eigenvalue weighted by molar-refractivity contribution is 0.251. The van der Waals surface area contributed by atoms with Crippen LogP contribution in [-0.4, -0.2) is 15.8 Å². The highest BCUT2D eigenvalue weighted by Gasteiger charge is 2.07. The Bertz CT molecular complexity index is 1140. The second-order valence-electron chi connectivity index (χ2n) is 7.18. The Morgan fingerprint density at radius 1 is 0.935 bits per heavy atom. The summed E-state index contributed by atoms with van der Waals surface area (Å²) in [5.74, 6) is 0.839. The molecule has 0 aliphatic rings. The summed E-state index contributed by atoms with van der Waals surface area (Å²) in [6.07, 6.45) is 3.59. The number of carbonyl (C=O) groups excluding carboxylic acids is 1. The average Bonchev–Trinajstić information content (AvgIpc) is 3.23. The maximum atomic E-state index is 12.1. The zero-order valence-corrected chi connectivity index (χ0v) is 17.3. The number of hydrogen-bond donors (Lipinski definition) is 2. The molecule has 0 spiro atoms. The highest BCUT2D eigenvalue weighted by molar-refractivity contribution is 5.89. The molecular formula is C25H24N4O2. The van der Waals surface area contributed by atoms with Gasteiger partial charge < -0.3 is 15.4 Å². The van der Waals surface area contributed by atoms with Crippen LogP contribution in [0.2, 0.25) is 0 Å². The van der Waals surface area contributed by atoms with Crippen LogP contribution in [0, 0.1) is 0 Å². The van der Waals surface area contributed by atoms with E-state index in [0.717, 1.165) is 33.7 Å². The van der Waals surface area contributed by atoms with Crippen LogP contribution in [0.15, 0.2) is 91.3 Å². The molecular weight excluding hydrogens is 388 g/mol. The number of urea groups is 1. The highest BCUT2D eigenvalue weighted by Crippen LogP contribution is 2.30. The Kier molecular flexibility index (Phi) is 6.28. The zero-order chi connectivity index (χ0) is 21.5. The van der Waals surface area contributed by atoms with Crippen LogP contribution < -0.4 is 15.4 Å². The normalized spacial score (nSPS) is 10.5. The molecule has 31 heavy (non-hydrogen) atoms. The summed E-state index contributed by atoms with van der Waals surface area (Å²) in [6, 6.07) is 25.6. The maximum Gasteiger partial charge on any atom is 0.319 e. The quantitative estimate of drug-likeness (QED) is 0.449. The number of carbonyl (C=O) groups is 1. The van der Waals surface area contributed by atoms with Gasteiger partial charge in [0.25, 0.3) is 0 Å². The summed E-state index contributed by atoms with van der Waals surface area (Å²) in [5, 5.41) is 9.73. The summed E-state index contributed by atoms with van der Waals surface area (Å²) in [4.78, 5) is 12.1. The minimum Gasteiger partial charge on any atom is -0.488 e. The fourth-order valence-corrected chi connectivity index (χ4v) is 3.21. The van der Waals surface area contributed by atoms with E-state index in [-0.39, 0.29) is 6.03 Å². The first-order chi connectivity index (χ1) is 15.2. The largest absolute Gasteiger partial charge is 0.488 e. The molecule has 4 aromatic rings. The number of para-hydroxylation sites is 1. The van der Waals surface area contributed by atoms with E-state index in [9.17, 15) is 4.79 Å². The molecule has 0 fully saturated rings. The van der Waals surface area contributed by atoms with E-state index in [1.54, 1.807) is 10.9 Å². The Morgan fingerprint density at radius 3 is 2.42 bits per heavy atom. The molecule has 4 rings (SSSR count). The van der Waals surface area contributed by atoms with Crippen molar-refractivity contribution in [2.75, 3.05) is 5.32 Å². The number of aromatic nitrogens is 2. The first-order valence-corrected chi connectivity index (χ1v) is 10.1. The molecule has 6 heteroatoms. The van der Waals surface area contributed by atoms with Crippen LogP contribution in [0.3, 0.4) is 0 Å². The molecule has 1 heterocycles. The fraction of sp³-hybridized carbons (Fsp3) is 0.120. The molecule has 0 aliphatic heterocycles. The van der Waals surface area contributed by atoms with Gasteiger partial charge in [-0.05, 0) is 29.3 Å². The third kappa shape index (κ3) is 5.51. The van der Waals surface area contributed by atoms with Gasteiger partial charge in [-0.1, -0.05) is 60.7 Å². The lowest BCUT2D eigenvalue weighted by Crippen LogP contribution is -2.28. The second kappa shape index (κ2) is 9.63. The molecule has 0 aliphatic carbocycles. The van der Waals surface area contributed by atoms with Crippen LogP contribution in [0.4, 0.5) is 10.5 Å². The molecule has 0 atom stereocenters. The molecule has 0 radical (unpaired) electrons. The third-order valence-electron chi connectivity index (χ3n) is 4.79. The first kappa shape index (κ1) is 20.2. The number of nitrogens with zero attached hydrogens (tertiary/aromatic N) is 2. The first-order valence-electron chi connectivity index (χ1n) is 10.1. The van der Waals surface area contributed by atoms with Gasteiger partial charge in [0.15, 0.2) is 0 Å². The highest BCUT2D eigenvalue weighted by atomic mass is 16.5. The number of rotatable bonds is 7. The lowest BCUT2D eigenvalue weighted by atomic mass is 10.0. The van der Waals surface area contributed by atoms with Gasteiger partial charge in [0, 0.05) is 36.6 Å². The minimum absolute atomic E-state index is 0.260. The number of aryl methyl sites for hydroxylation is 1. The van der Waals surface area contributed by atoms with Gasteiger partial charge in [-0.25, -0.2) is 4.79 Å². The van der Waals surface area contributed by atoms with Gasteiger partial charge in [0.05, 0.1) is 6.20 Å². The maximum absolute atomic E-state index is 12.1. The number of benzene rings is 3. The summed E-state index contributed by atoms with van der Waals surface area (Å²) in [6.45, 7) is 0.865. The third-order valence-corrected chi connectivity index (χ3v) is 4.79. The number of ether oxygens (including phenoxy) is 1. The molecule has 3 aromatic carbocycles. The number of nitrogens with one attached hydrogen (secondary N) is 2. The molecule has 0 bridgehead atoms. The van der Waals surface area contributed by atoms with E-state index in [2.05, 4.69) is 33.9 Å². The number of hydrogen-bond acceptors (Lipinski definition) is 3. The van der Waals surface area contributed by atoms with E-state index >= 15 is 0 Å². The van der Waals surface area contributed by atoms with Gasteiger partial charge in [0.1, 0.15) is 12.4 Å². The molecule has 2 amide bonds. The number of anilines is 1. The van der Waals surface area contributed by atoms with Gasteiger partial charge in [0.2, 0.25) is 0 Å². The lowest BCUT2D eigenvalue weighted by Gasteiger charge is -2.12. The molecule has 1 aromatic heterocycles. The van der Waals surface area contributed by atoms with Crippen LogP contribution in [0.25, 0.3) is 11.1 Å². The summed E-state index contributed by atoms with van der Waals surface area (Å²) in [7, 11) is 1.84. The molecule has 6 nitrogen and oxygen atoms in total. The van der Waals surface area contributed by atoms with Crippen molar-refractivity contribution in [2.24, 2.45) is 7.05 Å². The smallest absolute Gasteiger partial charge is 0.319 e. The van der Waals surface area contributed by atoms with E-state index in [1.165, 1.54) is 0 Å². The Morgan fingerprint density at radius 2 is 1.68 bits per heavy atom. The Hall–Kier alpha value is -4.06. The van der Waals surface area contributed by atoms with Crippen molar-refractivity contribution in [1.29, 1.82) is 0 Å². The number of amides is 2. The van der Waals surface area contributed by atoms with E-state index in [1.807, 2.05) is 73.9 Å². The van der Waals surface area contributed by atoms with Crippen LogP contribution in [-0.2, 0) is 20.2 Å². The van der Waals surface area contributed by atoms with Gasteiger partial charge in [-0.2, -0.15) is 5.10 Å². The van der Waals surface area contributed by atoms with Crippen molar-refractivity contribution < 1.29 is 9.53 Å². The topological polar surface area (TPSA) is 68.2 Å². The Balaban J connectivity index is 1.32. The van der Waals surface area contributed by atoms with Crippen molar-refractivity contribution in [3.63, 3.8) is 0 Å². The van der Waals surface area contributed by atoms with Crippen LogP contribution >= 0.6 is 0 Å². The summed E-state index contributed by atoms with van der Waals surface area (Å²) >= 11 is 0. The standard InChI is InChI=1S/C25H24N4O2/c1-29-17-20(16-27-29)15-26-25(30)28-22-13-11-19(12-14-22)18-31-24-10-6-5-9-23(24)21-7-3-2-4-8-21/h2-14,16-17H,15,18H2,1H3,(H2,26,28,30). The fourth-order valence-electron chi connectivity index (χ4n) is 3.21. The van der Waals surface area contributed by atoms with Crippen molar-refractivity contribution in [1.82, 2.24) is 15.1 Å². The van der Waals surface area contributed by atoms with Crippen LogP contribution in [0.1, 0.15) is 11.1 Å².